The van der Waals surface area contributed by atoms with Crippen LogP contribution >= 0.6 is 0 Å². The van der Waals surface area contributed by atoms with Crippen LogP contribution in [0.15, 0.2) is 48.8 Å². The van der Waals surface area contributed by atoms with Gasteiger partial charge in [0.15, 0.2) is 0 Å². The molecule has 0 spiro atoms. The maximum Gasteiger partial charge on any atom is 0.143 e. The van der Waals surface area contributed by atoms with Crippen molar-refractivity contribution in [3.63, 3.8) is 0 Å². The summed E-state index contributed by atoms with van der Waals surface area (Å²) >= 11 is 0. The minimum Gasteiger partial charge on any atom is -0.285 e. The molecule has 4 rings (SSSR count). The van der Waals surface area contributed by atoms with Gasteiger partial charge >= 0.3 is 0 Å². The molecule has 0 aliphatic carbocycles. The lowest BCUT2D eigenvalue weighted by Crippen LogP contribution is -2.21. The third kappa shape index (κ3) is 1.79. The maximum atomic E-state index is 4.31. The smallest absolute Gasteiger partial charge is 0.143 e. The SMILES string of the molecule is c1ccc2c(-n3cnnc3C3CNNC3)cccc2c1. The van der Waals surface area contributed by atoms with Gasteiger partial charge in [0, 0.05) is 24.4 Å². The Bertz CT molecular complexity index is 737. The molecule has 2 aromatic carbocycles. The molecule has 0 atom stereocenters. The van der Waals surface area contributed by atoms with E-state index in [0.29, 0.717) is 5.92 Å². The molecule has 3 aromatic rings. The lowest BCUT2D eigenvalue weighted by atomic mass is 10.1. The molecule has 1 aliphatic heterocycles. The summed E-state index contributed by atoms with van der Waals surface area (Å²) in [5.74, 6) is 1.34. The van der Waals surface area contributed by atoms with Crippen molar-refractivity contribution in [3.8, 4) is 5.69 Å². The van der Waals surface area contributed by atoms with E-state index in [2.05, 4.69) is 68.1 Å². The van der Waals surface area contributed by atoms with Crippen molar-refractivity contribution in [1.29, 1.82) is 0 Å². The summed E-state index contributed by atoms with van der Waals surface area (Å²) in [6.45, 7) is 1.76. The molecular formula is C15H15N5. The molecule has 0 amide bonds. The second kappa shape index (κ2) is 4.70. The highest BCUT2D eigenvalue weighted by molar-refractivity contribution is 5.90. The van der Waals surface area contributed by atoms with Gasteiger partial charge in [0.2, 0.25) is 0 Å². The predicted molar refractivity (Wildman–Crippen MR) is 77.6 cm³/mol. The molecule has 2 N–H and O–H groups in total. The van der Waals surface area contributed by atoms with E-state index in [9.17, 15) is 0 Å². The van der Waals surface area contributed by atoms with Crippen LogP contribution in [0.2, 0.25) is 0 Å². The second-order valence-corrected chi connectivity index (χ2v) is 5.02. The van der Waals surface area contributed by atoms with Gasteiger partial charge in [-0.3, -0.25) is 15.4 Å². The van der Waals surface area contributed by atoms with Crippen molar-refractivity contribution in [2.45, 2.75) is 5.92 Å². The van der Waals surface area contributed by atoms with E-state index in [0.717, 1.165) is 24.6 Å². The summed E-state index contributed by atoms with van der Waals surface area (Å²) in [6.07, 6.45) is 1.80. The number of hydrazine groups is 1. The number of rotatable bonds is 2. The summed E-state index contributed by atoms with van der Waals surface area (Å²) in [7, 11) is 0. The molecule has 1 aromatic heterocycles. The Balaban J connectivity index is 1.89. The number of aromatic nitrogens is 3. The van der Waals surface area contributed by atoms with Gasteiger partial charge in [-0.1, -0.05) is 36.4 Å². The Hall–Kier alpha value is -2.24. The van der Waals surface area contributed by atoms with E-state index in [-0.39, 0.29) is 0 Å². The Kier molecular flexibility index (Phi) is 2.72. The summed E-state index contributed by atoms with van der Waals surface area (Å²) in [4.78, 5) is 0. The number of hydrogen-bond acceptors (Lipinski definition) is 4. The topological polar surface area (TPSA) is 54.8 Å². The third-order valence-electron chi connectivity index (χ3n) is 3.79. The molecule has 1 aliphatic rings. The van der Waals surface area contributed by atoms with Gasteiger partial charge in [0.1, 0.15) is 12.2 Å². The van der Waals surface area contributed by atoms with Gasteiger partial charge < -0.3 is 0 Å². The zero-order valence-electron chi connectivity index (χ0n) is 11.0. The molecule has 1 fully saturated rings. The highest BCUT2D eigenvalue weighted by atomic mass is 15.4. The lowest BCUT2D eigenvalue weighted by molar-refractivity contribution is 0.689. The number of nitrogens with one attached hydrogen (secondary N) is 2. The van der Waals surface area contributed by atoms with Gasteiger partial charge in [-0.2, -0.15) is 0 Å². The Morgan fingerprint density at radius 1 is 1.00 bits per heavy atom. The van der Waals surface area contributed by atoms with Crippen LogP contribution in [0.4, 0.5) is 0 Å². The van der Waals surface area contributed by atoms with Crippen LogP contribution in [0.5, 0.6) is 0 Å². The molecular weight excluding hydrogens is 250 g/mol. The van der Waals surface area contributed by atoms with Gasteiger partial charge in [-0.25, -0.2) is 0 Å². The third-order valence-corrected chi connectivity index (χ3v) is 3.79. The standard InChI is InChI=1S/C15H15N5/c1-2-6-13-11(4-1)5-3-7-14(13)20-10-18-19-15(20)12-8-16-17-9-12/h1-7,10,12,16-17H,8-9H2. The minimum absolute atomic E-state index is 0.344. The molecule has 0 saturated carbocycles. The molecule has 5 nitrogen and oxygen atoms in total. The van der Waals surface area contributed by atoms with Crippen molar-refractivity contribution < 1.29 is 0 Å². The first-order valence-electron chi connectivity index (χ1n) is 6.77. The fourth-order valence-corrected chi connectivity index (χ4v) is 2.77. The average Bonchev–Trinajstić information content (AvgIpc) is 3.17. The van der Waals surface area contributed by atoms with Crippen molar-refractivity contribution in [2.75, 3.05) is 13.1 Å². The van der Waals surface area contributed by atoms with E-state index in [1.54, 1.807) is 6.33 Å². The number of hydrogen-bond donors (Lipinski definition) is 2. The lowest BCUT2D eigenvalue weighted by Gasteiger charge is -2.12. The summed E-state index contributed by atoms with van der Waals surface area (Å²) in [5.41, 5.74) is 7.42. The van der Waals surface area contributed by atoms with Gasteiger partial charge in [-0.15, -0.1) is 10.2 Å². The van der Waals surface area contributed by atoms with Crippen molar-refractivity contribution in [3.05, 3.63) is 54.6 Å². The van der Waals surface area contributed by atoms with Gasteiger partial charge in [0.05, 0.1) is 5.69 Å². The first-order valence-corrected chi connectivity index (χ1v) is 6.77. The molecule has 2 heterocycles. The molecule has 0 bridgehead atoms. The number of nitrogens with zero attached hydrogens (tertiary/aromatic N) is 3. The highest BCUT2D eigenvalue weighted by Crippen LogP contribution is 2.25. The van der Waals surface area contributed by atoms with Crippen molar-refractivity contribution >= 4 is 10.8 Å². The molecule has 20 heavy (non-hydrogen) atoms. The quantitative estimate of drug-likeness (QED) is 0.739. The maximum absolute atomic E-state index is 4.31. The van der Waals surface area contributed by atoms with Crippen LogP contribution in [-0.4, -0.2) is 27.9 Å². The van der Waals surface area contributed by atoms with Gasteiger partial charge in [0.25, 0.3) is 0 Å². The van der Waals surface area contributed by atoms with Gasteiger partial charge in [-0.05, 0) is 11.5 Å². The van der Waals surface area contributed by atoms with E-state index < -0.39 is 0 Å². The van der Waals surface area contributed by atoms with E-state index in [1.165, 1.54) is 10.8 Å². The van der Waals surface area contributed by atoms with Crippen LogP contribution in [0.25, 0.3) is 16.5 Å². The molecule has 0 radical (unpaired) electrons. The first-order chi connectivity index (χ1) is 9.93. The minimum atomic E-state index is 0.344. The molecule has 1 saturated heterocycles. The zero-order valence-corrected chi connectivity index (χ0v) is 11.0. The Morgan fingerprint density at radius 2 is 1.80 bits per heavy atom. The first kappa shape index (κ1) is 11.6. The molecule has 100 valence electrons. The zero-order chi connectivity index (χ0) is 13.4. The van der Waals surface area contributed by atoms with Crippen molar-refractivity contribution in [1.82, 2.24) is 25.6 Å². The van der Waals surface area contributed by atoms with Crippen LogP contribution in [0.1, 0.15) is 11.7 Å². The van der Waals surface area contributed by atoms with Crippen LogP contribution < -0.4 is 10.9 Å². The Morgan fingerprint density at radius 3 is 2.70 bits per heavy atom. The molecule has 0 unspecified atom stereocenters. The normalized spacial score (nSPS) is 16.0. The number of fused-ring (bicyclic) bond motifs is 1. The second-order valence-electron chi connectivity index (χ2n) is 5.02. The average molecular weight is 265 g/mol. The number of benzene rings is 2. The largest absolute Gasteiger partial charge is 0.285 e. The summed E-state index contributed by atoms with van der Waals surface area (Å²) < 4.78 is 2.10. The predicted octanol–water partition coefficient (Wildman–Crippen LogP) is 1.61. The molecule has 5 heteroatoms. The van der Waals surface area contributed by atoms with Crippen molar-refractivity contribution in [2.24, 2.45) is 0 Å². The summed E-state index contributed by atoms with van der Waals surface area (Å²) in [6, 6.07) is 14.7. The highest BCUT2D eigenvalue weighted by Gasteiger charge is 2.22. The van der Waals surface area contributed by atoms with Crippen LogP contribution in [0.3, 0.4) is 0 Å². The monoisotopic (exact) mass is 265 g/mol. The van der Waals surface area contributed by atoms with Crippen LogP contribution in [0, 0.1) is 0 Å². The van der Waals surface area contributed by atoms with E-state index in [4.69, 9.17) is 0 Å². The van der Waals surface area contributed by atoms with Crippen LogP contribution in [-0.2, 0) is 0 Å². The fraction of sp³-hybridized carbons (Fsp3) is 0.200. The fourth-order valence-electron chi connectivity index (χ4n) is 2.77. The Labute approximate surface area is 116 Å². The van der Waals surface area contributed by atoms with E-state index in [1.807, 2.05) is 0 Å². The summed E-state index contributed by atoms with van der Waals surface area (Å²) in [5, 5.41) is 10.9. The van der Waals surface area contributed by atoms with E-state index >= 15 is 0 Å².